The molecule has 0 bridgehead atoms. The first-order valence-electron chi connectivity index (χ1n) is 3.51. The van der Waals surface area contributed by atoms with Crippen molar-refractivity contribution in [2.24, 2.45) is 0 Å². The quantitative estimate of drug-likeness (QED) is 0.587. The van der Waals surface area contributed by atoms with Crippen molar-refractivity contribution in [2.45, 2.75) is 0 Å². The van der Waals surface area contributed by atoms with Gasteiger partial charge in [-0.15, -0.1) is 0 Å². The maximum atomic E-state index is 10.2. The van der Waals surface area contributed by atoms with Crippen molar-refractivity contribution in [1.82, 2.24) is 0 Å². The molecule has 0 atom stereocenters. The third kappa shape index (κ3) is 3.62. The molecule has 0 aliphatic heterocycles. The third-order valence-corrected chi connectivity index (χ3v) is 1.35. The molecule has 1 rings (SSSR count). The van der Waals surface area contributed by atoms with Crippen LogP contribution < -0.4 is 0 Å². The summed E-state index contributed by atoms with van der Waals surface area (Å²) in [6, 6.07) is 8.92. The Bertz CT molecular complexity index is 319. The molecule has 0 spiro atoms. The molecule has 0 saturated heterocycles. The lowest BCUT2D eigenvalue weighted by Crippen LogP contribution is -1.92. The van der Waals surface area contributed by atoms with E-state index in [-0.39, 0.29) is 0 Å². The number of aliphatic hydroxyl groups is 1. The number of carbonyl (C=O) groups excluding carboxylic acids is 1. The van der Waals surface area contributed by atoms with Gasteiger partial charge in [0.05, 0.1) is 0 Å². The van der Waals surface area contributed by atoms with Crippen LogP contribution in [-0.2, 0) is 4.74 Å². The Labute approximate surface area is 80.2 Å². The van der Waals surface area contributed by atoms with Crippen LogP contribution in [0, 0.1) is 0 Å². The molecular weight excluding hydrogens is 192 g/mol. The van der Waals surface area contributed by atoms with Gasteiger partial charge in [-0.05, 0) is 5.56 Å². The van der Waals surface area contributed by atoms with Gasteiger partial charge in [0.15, 0.2) is 0 Å². The highest BCUT2D eigenvalue weighted by Crippen LogP contribution is 2.06. The molecule has 0 aliphatic rings. The van der Waals surface area contributed by atoms with Crippen LogP contribution in [0.4, 0.5) is 4.79 Å². The number of carbonyl (C=O) groups is 1. The van der Waals surface area contributed by atoms with E-state index in [1.807, 2.05) is 6.07 Å². The van der Waals surface area contributed by atoms with E-state index in [9.17, 15) is 4.79 Å². The zero-order chi connectivity index (χ0) is 9.68. The van der Waals surface area contributed by atoms with Gasteiger partial charge in [0.1, 0.15) is 0 Å². The van der Waals surface area contributed by atoms with E-state index in [0.29, 0.717) is 0 Å². The van der Waals surface area contributed by atoms with Crippen molar-refractivity contribution in [2.75, 3.05) is 0 Å². The summed E-state index contributed by atoms with van der Waals surface area (Å²) in [4.78, 5) is 10.2. The number of aliphatic hydroxyl groups excluding tert-OH is 1. The molecule has 0 heterocycles. The molecule has 0 aliphatic carbocycles. The topological polar surface area (TPSA) is 46.5 Å². The van der Waals surface area contributed by atoms with Crippen LogP contribution in [0.25, 0.3) is 6.08 Å². The van der Waals surface area contributed by atoms with Crippen LogP contribution in [0.15, 0.2) is 36.3 Å². The van der Waals surface area contributed by atoms with E-state index < -0.39 is 11.4 Å². The number of benzene rings is 1. The largest absolute Gasteiger partial charge is 0.481 e. The molecule has 1 aromatic rings. The average molecular weight is 199 g/mol. The van der Waals surface area contributed by atoms with Crippen molar-refractivity contribution < 1.29 is 14.6 Å². The maximum Gasteiger partial charge on any atom is 0.411 e. The summed E-state index contributed by atoms with van der Waals surface area (Å²) < 4.78 is 4.20. The van der Waals surface area contributed by atoms with Crippen LogP contribution >= 0.6 is 11.6 Å². The Morgan fingerprint density at radius 2 is 2.00 bits per heavy atom. The van der Waals surface area contributed by atoms with Crippen LogP contribution in [0.5, 0.6) is 0 Å². The first-order valence-corrected chi connectivity index (χ1v) is 3.89. The van der Waals surface area contributed by atoms with E-state index in [4.69, 9.17) is 16.7 Å². The average Bonchev–Trinajstić information content (AvgIpc) is 2.04. The number of rotatable bonds is 2. The predicted molar refractivity (Wildman–Crippen MR) is 49.4 cm³/mol. The normalized spacial score (nSPS) is 11.0. The lowest BCUT2D eigenvalue weighted by Gasteiger charge is -1.96. The Kier molecular flexibility index (Phi) is 3.34. The smallest absolute Gasteiger partial charge is 0.411 e. The van der Waals surface area contributed by atoms with Crippen LogP contribution in [0.3, 0.4) is 0 Å². The summed E-state index contributed by atoms with van der Waals surface area (Å²) in [5.74, 6) is -0.522. The highest BCUT2D eigenvalue weighted by molar-refractivity contribution is 6.61. The van der Waals surface area contributed by atoms with E-state index in [2.05, 4.69) is 4.74 Å². The molecule has 0 unspecified atom stereocenters. The summed E-state index contributed by atoms with van der Waals surface area (Å²) in [6.07, 6.45) is 1.29. The second-order valence-corrected chi connectivity index (χ2v) is 2.54. The molecule has 0 amide bonds. The third-order valence-electron chi connectivity index (χ3n) is 1.27. The fraction of sp³-hybridized carbons (Fsp3) is 0. The van der Waals surface area contributed by atoms with E-state index in [0.717, 1.165) is 5.56 Å². The highest BCUT2D eigenvalue weighted by Gasteiger charge is 1.99. The van der Waals surface area contributed by atoms with Gasteiger partial charge >= 0.3 is 5.43 Å². The second kappa shape index (κ2) is 4.52. The second-order valence-electron chi connectivity index (χ2n) is 2.23. The minimum absolute atomic E-state index is 0.522. The zero-order valence-electron chi connectivity index (χ0n) is 6.61. The molecular formula is C9H7ClO3. The van der Waals surface area contributed by atoms with E-state index >= 15 is 0 Å². The highest BCUT2D eigenvalue weighted by atomic mass is 35.5. The lowest BCUT2D eigenvalue weighted by molar-refractivity contribution is 0.145. The molecule has 1 aromatic carbocycles. The zero-order valence-corrected chi connectivity index (χ0v) is 7.36. The maximum absolute atomic E-state index is 10.2. The molecule has 13 heavy (non-hydrogen) atoms. The van der Waals surface area contributed by atoms with E-state index in [1.165, 1.54) is 6.08 Å². The van der Waals surface area contributed by atoms with Crippen molar-refractivity contribution in [3.05, 3.63) is 41.8 Å². The Morgan fingerprint density at radius 3 is 2.54 bits per heavy atom. The van der Waals surface area contributed by atoms with Gasteiger partial charge in [-0.1, -0.05) is 30.3 Å². The summed E-state index contributed by atoms with van der Waals surface area (Å²) in [7, 11) is 0. The van der Waals surface area contributed by atoms with Gasteiger partial charge < -0.3 is 9.84 Å². The van der Waals surface area contributed by atoms with Crippen molar-refractivity contribution in [1.29, 1.82) is 0 Å². The van der Waals surface area contributed by atoms with Crippen molar-refractivity contribution in [3.8, 4) is 0 Å². The summed E-state index contributed by atoms with van der Waals surface area (Å²) in [5.41, 5.74) is -0.345. The molecule has 0 radical (unpaired) electrons. The van der Waals surface area contributed by atoms with Crippen LogP contribution in [0.2, 0.25) is 0 Å². The Morgan fingerprint density at radius 1 is 1.38 bits per heavy atom. The Balaban J connectivity index is 2.71. The van der Waals surface area contributed by atoms with Crippen molar-refractivity contribution >= 4 is 23.1 Å². The molecule has 4 heteroatoms. The van der Waals surface area contributed by atoms with Crippen LogP contribution in [-0.4, -0.2) is 10.5 Å². The van der Waals surface area contributed by atoms with Gasteiger partial charge in [0.25, 0.3) is 5.95 Å². The monoisotopic (exact) mass is 198 g/mol. The van der Waals surface area contributed by atoms with Crippen LogP contribution in [0.1, 0.15) is 5.56 Å². The van der Waals surface area contributed by atoms with Gasteiger partial charge in [-0.3, -0.25) is 0 Å². The first-order chi connectivity index (χ1) is 6.18. The number of ether oxygens (including phenoxy) is 1. The molecule has 1 N–H and O–H groups in total. The SMILES string of the molecule is O=C(Cl)OC(O)=Cc1ccccc1. The van der Waals surface area contributed by atoms with Gasteiger partial charge in [0, 0.05) is 17.7 Å². The molecule has 3 nitrogen and oxygen atoms in total. The van der Waals surface area contributed by atoms with Gasteiger partial charge in [-0.2, -0.15) is 0 Å². The minimum atomic E-state index is -1.07. The van der Waals surface area contributed by atoms with Crippen molar-refractivity contribution in [3.63, 3.8) is 0 Å². The summed E-state index contributed by atoms with van der Waals surface area (Å²) in [6.45, 7) is 0. The molecule has 0 saturated carbocycles. The summed E-state index contributed by atoms with van der Waals surface area (Å²) >= 11 is 4.88. The predicted octanol–water partition coefficient (Wildman–Crippen LogP) is 2.92. The summed E-state index contributed by atoms with van der Waals surface area (Å²) in [5, 5.41) is 9.01. The first kappa shape index (κ1) is 9.61. The van der Waals surface area contributed by atoms with E-state index in [1.54, 1.807) is 24.3 Å². The fourth-order valence-corrected chi connectivity index (χ4v) is 0.883. The number of hydrogen-bond donors (Lipinski definition) is 1. The molecule has 0 aromatic heterocycles. The lowest BCUT2D eigenvalue weighted by atomic mass is 10.2. The number of hydrogen-bond acceptors (Lipinski definition) is 3. The minimum Gasteiger partial charge on any atom is -0.481 e. The standard InChI is InChI=1S/C9H7ClO3/c10-9(12)13-8(11)6-7-4-2-1-3-5-7/h1-6,11H. The Hall–Kier alpha value is -1.48. The molecule has 0 fully saturated rings. The molecule has 68 valence electrons. The van der Waals surface area contributed by atoms with Gasteiger partial charge in [0.2, 0.25) is 0 Å². The number of halogens is 1. The van der Waals surface area contributed by atoms with Gasteiger partial charge in [-0.25, -0.2) is 4.79 Å². The fourth-order valence-electron chi connectivity index (χ4n) is 0.804.